The Hall–Kier alpha value is -2.26. The normalized spacial score (nSPS) is 31.0. The summed E-state index contributed by atoms with van der Waals surface area (Å²) < 4.78 is 10.6. The standard InChI is InChI=1S/C15H15NO7/c17-10-11(18)13(14(20)21)23-15(12(10)19)22-8-5-1-3-7-4-2-6-16-9(7)8/h1-6,10-13,15,17-19H,(H,20,21)/t10-,11-,12+,13-,15+/m0/s1. The summed E-state index contributed by atoms with van der Waals surface area (Å²) >= 11 is 0. The lowest BCUT2D eigenvalue weighted by Crippen LogP contribution is -2.61. The highest BCUT2D eigenvalue weighted by molar-refractivity contribution is 5.84. The third kappa shape index (κ3) is 2.84. The Kier molecular flexibility index (Phi) is 4.14. The van der Waals surface area contributed by atoms with Gasteiger partial charge in [0.1, 0.15) is 29.6 Å². The molecule has 0 aliphatic carbocycles. The quantitative estimate of drug-likeness (QED) is 0.596. The molecular formula is C15H15NO7. The number of hydrogen-bond donors (Lipinski definition) is 4. The van der Waals surface area contributed by atoms with E-state index in [9.17, 15) is 20.1 Å². The summed E-state index contributed by atoms with van der Waals surface area (Å²) in [4.78, 5) is 15.3. The van der Waals surface area contributed by atoms with Crippen LogP contribution in [0.15, 0.2) is 36.5 Å². The second-order valence-corrected chi connectivity index (χ2v) is 5.18. The zero-order chi connectivity index (χ0) is 16.6. The van der Waals surface area contributed by atoms with Crippen molar-refractivity contribution in [2.45, 2.75) is 30.7 Å². The maximum atomic E-state index is 11.1. The topological polar surface area (TPSA) is 129 Å². The number of aliphatic carboxylic acids is 1. The molecule has 4 N–H and O–H groups in total. The van der Waals surface area contributed by atoms with Crippen molar-refractivity contribution in [1.82, 2.24) is 4.98 Å². The van der Waals surface area contributed by atoms with Gasteiger partial charge in [0.15, 0.2) is 6.10 Å². The molecule has 8 heteroatoms. The molecule has 1 aromatic carbocycles. The third-order valence-corrected chi connectivity index (χ3v) is 3.65. The van der Waals surface area contributed by atoms with Gasteiger partial charge < -0.3 is 29.9 Å². The van der Waals surface area contributed by atoms with E-state index in [1.165, 1.54) is 0 Å². The molecule has 0 radical (unpaired) electrons. The minimum Gasteiger partial charge on any atom is -0.479 e. The first-order valence-corrected chi connectivity index (χ1v) is 6.92. The van der Waals surface area contributed by atoms with Crippen LogP contribution in [0.4, 0.5) is 0 Å². The summed E-state index contributed by atoms with van der Waals surface area (Å²) in [6.45, 7) is 0. The van der Waals surface area contributed by atoms with Crippen LogP contribution in [0.5, 0.6) is 5.75 Å². The maximum absolute atomic E-state index is 11.1. The van der Waals surface area contributed by atoms with Gasteiger partial charge in [0.25, 0.3) is 0 Å². The minimum atomic E-state index is -1.76. The van der Waals surface area contributed by atoms with Crippen molar-refractivity contribution in [2.24, 2.45) is 0 Å². The minimum absolute atomic E-state index is 0.264. The molecule has 0 saturated carbocycles. The van der Waals surface area contributed by atoms with Gasteiger partial charge in [-0.15, -0.1) is 0 Å². The number of nitrogens with zero attached hydrogens (tertiary/aromatic N) is 1. The first-order valence-electron chi connectivity index (χ1n) is 6.92. The average molecular weight is 321 g/mol. The van der Waals surface area contributed by atoms with Gasteiger partial charge in [-0.3, -0.25) is 4.98 Å². The molecule has 1 aromatic heterocycles. The molecule has 3 rings (SSSR count). The molecule has 122 valence electrons. The number of para-hydroxylation sites is 1. The third-order valence-electron chi connectivity index (χ3n) is 3.65. The van der Waals surface area contributed by atoms with E-state index < -0.39 is 36.7 Å². The summed E-state index contributed by atoms with van der Waals surface area (Å²) in [6, 6.07) is 8.66. The predicted molar refractivity (Wildman–Crippen MR) is 76.7 cm³/mol. The van der Waals surface area contributed by atoms with Gasteiger partial charge in [0.05, 0.1) is 0 Å². The second kappa shape index (κ2) is 6.09. The van der Waals surface area contributed by atoms with Crippen LogP contribution in [0, 0.1) is 0 Å². The van der Waals surface area contributed by atoms with E-state index in [2.05, 4.69) is 4.98 Å². The fraction of sp³-hybridized carbons (Fsp3) is 0.333. The van der Waals surface area contributed by atoms with Gasteiger partial charge in [-0.2, -0.15) is 0 Å². The first kappa shape index (κ1) is 15.6. The molecule has 23 heavy (non-hydrogen) atoms. The highest BCUT2D eigenvalue weighted by Crippen LogP contribution is 2.28. The summed E-state index contributed by atoms with van der Waals surface area (Å²) in [6.07, 6.45) is -6.68. The van der Waals surface area contributed by atoms with Crippen molar-refractivity contribution in [3.63, 3.8) is 0 Å². The van der Waals surface area contributed by atoms with Gasteiger partial charge >= 0.3 is 5.97 Å². The van der Waals surface area contributed by atoms with E-state index in [0.29, 0.717) is 5.52 Å². The Bertz CT molecular complexity index is 717. The molecule has 0 amide bonds. The highest BCUT2D eigenvalue weighted by atomic mass is 16.7. The molecular weight excluding hydrogens is 306 g/mol. The van der Waals surface area contributed by atoms with Crippen LogP contribution in [0.2, 0.25) is 0 Å². The fourth-order valence-corrected chi connectivity index (χ4v) is 2.45. The number of aliphatic hydroxyl groups is 3. The summed E-state index contributed by atoms with van der Waals surface area (Å²) in [5, 5.41) is 39.2. The van der Waals surface area contributed by atoms with E-state index >= 15 is 0 Å². The lowest BCUT2D eigenvalue weighted by Gasteiger charge is -2.38. The maximum Gasteiger partial charge on any atom is 0.335 e. The van der Waals surface area contributed by atoms with Crippen molar-refractivity contribution < 1.29 is 34.7 Å². The Labute approximate surface area is 130 Å². The van der Waals surface area contributed by atoms with Crippen LogP contribution in [-0.4, -0.2) is 62.1 Å². The number of benzene rings is 1. The average Bonchev–Trinajstić information content (AvgIpc) is 2.55. The Morgan fingerprint density at radius 1 is 1.09 bits per heavy atom. The number of carbonyl (C=O) groups is 1. The van der Waals surface area contributed by atoms with E-state index in [-0.39, 0.29) is 5.75 Å². The van der Waals surface area contributed by atoms with E-state index in [1.54, 1.807) is 24.4 Å². The van der Waals surface area contributed by atoms with E-state index in [4.69, 9.17) is 14.6 Å². The van der Waals surface area contributed by atoms with E-state index in [1.807, 2.05) is 12.1 Å². The molecule has 2 heterocycles. The fourth-order valence-electron chi connectivity index (χ4n) is 2.45. The molecule has 1 aliphatic rings. The van der Waals surface area contributed by atoms with Gasteiger partial charge in [-0.05, 0) is 12.1 Å². The second-order valence-electron chi connectivity index (χ2n) is 5.18. The molecule has 1 aliphatic heterocycles. The zero-order valence-electron chi connectivity index (χ0n) is 11.8. The van der Waals surface area contributed by atoms with Gasteiger partial charge in [0.2, 0.25) is 6.29 Å². The monoisotopic (exact) mass is 321 g/mol. The van der Waals surface area contributed by atoms with Gasteiger partial charge in [0, 0.05) is 11.6 Å². The van der Waals surface area contributed by atoms with Gasteiger partial charge in [-0.1, -0.05) is 18.2 Å². The first-order chi connectivity index (χ1) is 11.0. The number of pyridine rings is 1. The molecule has 5 atom stereocenters. The number of rotatable bonds is 3. The van der Waals surface area contributed by atoms with Gasteiger partial charge in [-0.25, -0.2) is 4.79 Å². The molecule has 1 fully saturated rings. The van der Waals surface area contributed by atoms with Crippen LogP contribution >= 0.6 is 0 Å². The number of hydrogen-bond acceptors (Lipinski definition) is 7. The number of aliphatic hydroxyl groups excluding tert-OH is 3. The number of carboxylic acids is 1. The van der Waals surface area contributed by atoms with Crippen LogP contribution in [-0.2, 0) is 9.53 Å². The lowest BCUT2D eigenvalue weighted by molar-refractivity contribution is -0.270. The highest BCUT2D eigenvalue weighted by Gasteiger charge is 2.48. The molecule has 0 unspecified atom stereocenters. The number of ether oxygens (including phenoxy) is 2. The van der Waals surface area contributed by atoms with Crippen LogP contribution in [0.3, 0.4) is 0 Å². The Morgan fingerprint density at radius 2 is 1.83 bits per heavy atom. The van der Waals surface area contributed by atoms with Crippen LogP contribution < -0.4 is 4.74 Å². The van der Waals surface area contributed by atoms with E-state index in [0.717, 1.165) is 5.39 Å². The lowest BCUT2D eigenvalue weighted by atomic mass is 9.99. The molecule has 8 nitrogen and oxygen atoms in total. The largest absolute Gasteiger partial charge is 0.479 e. The van der Waals surface area contributed by atoms with Crippen molar-refractivity contribution in [3.05, 3.63) is 36.5 Å². The smallest absolute Gasteiger partial charge is 0.335 e. The molecule has 1 saturated heterocycles. The summed E-state index contributed by atoms with van der Waals surface area (Å²) in [5.74, 6) is -1.20. The molecule has 0 spiro atoms. The number of fused-ring (bicyclic) bond motifs is 1. The van der Waals surface area contributed by atoms with Crippen molar-refractivity contribution in [1.29, 1.82) is 0 Å². The Morgan fingerprint density at radius 3 is 2.57 bits per heavy atom. The van der Waals surface area contributed by atoms with Crippen molar-refractivity contribution in [2.75, 3.05) is 0 Å². The van der Waals surface area contributed by atoms with Crippen molar-refractivity contribution in [3.8, 4) is 5.75 Å². The molecule has 2 aromatic rings. The molecule has 0 bridgehead atoms. The predicted octanol–water partition coefficient (Wildman–Crippen LogP) is -0.494. The summed E-state index contributed by atoms with van der Waals surface area (Å²) in [5.41, 5.74) is 0.498. The SMILES string of the molecule is O=C(O)[C@H]1O[C@@H](Oc2cccc3cccnc23)[C@H](O)[C@@H](O)[C@@H]1O. The Balaban J connectivity index is 1.90. The van der Waals surface area contributed by atoms with Crippen molar-refractivity contribution >= 4 is 16.9 Å². The zero-order valence-corrected chi connectivity index (χ0v) is 11.8. The number of carboxylic acid groups (broad SMARTS) is 1. The number of aromatic nitrogens is 1. The van der Waals surface area contributed by atoms with Crippen LogP contribution in [0.1, 0.15) is 0 Å². The van der Waals surface area contributed by atoms with Crippen LogP contribution in [0.25, 0.3) is 10.9 Å². The summed E-state index contributed by atoms with van der Waals surface area (Å²) in [7, 11) is 0.